The van der Waals surface area contributed by atoms with Crippen LogP contribution in [0.5, 0.6) is 0 Å². The number of carbonyl (C=O) groups is 1. The van der Waals surface area contributed by atoms with Crippen molar-refractivity contribution in [1.29, 1.82) is 0 Å². The zero-order chi connectivity index (χ0) is 21.9. The third-order valence-electron chi connectivity index (χ3n) is 5.07. The van der Waals surface area contributed by atoms with E-state index in [0.29, 0.717) is 16.5 Å². The van der Waals surface area contributed by atoms with Crippen molar-refractivity contribution >= 4 is 28.8 Å². The predicted molar refractivity (Wildman–Crippen MR) is 125 cm³/mol. The van der Waals surface area contributed by atoms with E-state index in [1.807, 2.05) is 30.3 Å². The summed E-state index contributed by atoms with van der Waals surface area (Å²) >= 11 is 1.26. The molecule has 0 saturated heterocycles. The summed E-state index contributed by atoms with van der Waals surface area (Å²) in [4.78, 5) is 19.2. The van der Waals surface area contributed by atoms with Crippen LogP contribution in [0.25, 0.3) is 44.4 Å². The first kappa shape index (κ1) is 20.1. The Kier molecular flexibility index (Phi) is 5.47. The van der Waals surface area contributed by atoms with Crippen molar-refractivity contribution in [2.45, 2.75) is 5.16 Å². The largest absolute Gasteiger partial charge is 0.302 e. The van der Waals surface area contributed by atoms with Gasteiger partial charge >= 0.3 is 0 Å². The molecule has 0 aliphatic heterocycles. The Hall–Kier alpha value is -3.84. The van der Waals surface area contributed by atoms with Gasteiger partial charge in [-0.25, -0.2) is 9.37 Å². The smallest absolute Gasteiger partial charge is 0.209 e. The van der Waals surface area contributed by atoms with E-state index >= 15 is 0 Å². The Morgan fingerprint density at radius 3 is 2.44 bits per heavy atom. The van der Waals surface area contributed by atoms with Crippen molar-refractivity contribution in [1.82, 2.24) is 20.2 Å². The van der Waals surface area contributed by atoms with Crippen molar-refractivity contribution in [2.24, 2.45) is 0 Å². The molecule has 5 rings (SSSR count). The molecule has 2 heterocycles. The fraction of sp³-hybridized carbons (Fsp3) is 0.0400. The van der Waals surface area contributed by atoms with Gasteiger partial charge in [0.25, 0.3) is 0 Å². The maximum absolute atomic E-state index is 13.9. The van der Waals surface area contributed by atoms with Gasteiger partial charge in [0, 0.05) is 17.3 Å². The molecule has 156 valence electrons. The summed E-state index contributed by atoms with van der Waals surface area (Å²) in [5.74, 6) is 0.466. The van der Waals surface area contributed by atoms with Crippen LogP contribution in [0.15, 0.2) is 84.3 Å². The maximum Gasteiger partial charge on any atom is 0.209 e. The Morgan fingerprint density at radius 1 is 0.844 bits per heavy atom. The molecule has 32 heavy (non-hydrogen) atoms. The molecule has 0 spiro atoms. The number of hydrogen-bond donors (Lipinski definition) is 1. The van der Waals surface area contributed by atoms with Gasteiger partial charge in [0.1, 0.15) is 12.1 Å². The van der Waals surface area contributed by atoms with Crippen LogP contribution in [0.3, 0.4) is 0 Å². The van der Waals surface area contributed by atoms with Gasteiger partial charge in [-0.3, -0.25) is 10.1 Å². The third-order valence-corrected chi connectivity index (χ3v) is 5.82. The molecule has 0 saturated carbocycles. The Labute approximate surface area is 187 Å². The number of thioether (sulfide) groups is 1. The van der Waals surface area contributed by atoms with Gasteiger partial charge in [0.2, 0.25) is 5.16 Å². The average molecular weight is 441 g/mol. The van der Waals surface area contributed by atoms with E-state index in [0.717, 1.165) is 39.3 Å². The second-order valence-corrected chi connectivity index (χ2v) is 8.18. The van der Waals surface area contributed by atoms with Crippen molar-refractivity contribution in [3.05, 3.63) is 84.9 Å². The summed E-state index contributed by atoms with van der Waals surface area (Å²) in [7, 11) is 0. The lowest BCUT2D eigenvalue weighted by atomic mass is 9.95. The fourth-order valence-electron chi connectivity index (χ4n) is 3.58. The minimum atomic E-state index is -0.396. The molecule has 2 aromatic heterocycles. The van der Waals surface area contributed by atoms with Crippen LogP contribution in [0, 0.1) is 5.82 Å². The molecule has 0 aliphatic rings. The molecule has 0 unspecified atom stereocenters. The van der Waals surface area contributed by atoms with E-state index in [4.69, 9.17) is 0 Å². The standard InChI is InChI=1S/C25H17FN4OS/c26-23-13-22(14-27-15-23)20-10-19(18-6-5-16-3-1-2-4-17(16)9-18)11-21(12-20)24-28-25(30-29-24)32-8-7-31/h1-7,9-15H,8H2,(H,28,29,30). The lowest BCUT2D eigenvalue weighted by molar-refractivity contribution is -0.105. The molecule has 0 aliphatic carbocycles. The summed E-state index contributed by atoms with van der Waals surface area (Å²) in [6.07, 6.45) is 3.64. The molecule has 0 fully saturated rings. The van der Waals surface area contributed by atoms with Gasteiger partial charge < -0.3 is 4.79 Å². The molecular weight excluding hydrogens is 423 g/mol. The lowest BCUT2D eigenvalue weighted by Crippen LogP contribution is -1.89. The van der Waals surface area contributed by atoms with Crippen LogP contribution in [0.4, 0.5) is 4.39 Å². The third kappa shape index (κ3) is 4.15. The number of carbonyl (C=O) groups excluding carboxylic acids is 1. The number of aldehydes is 1. The van der Waals surface area contributed by atoms with Crippen LogP contribution < -0.4 is 0 Å². The number of pyridine rings is 1. The zero-order valence-electron chi connectivity index (χ0n) is 16.8. The van der Waals surface area contributed by atoms with Crippen LogP contribution >= 0.6 is 11.8 Å². The highest BCUT2D eigenvalue weighted by Crippen LogP contribution is 2.33. The molecule has 5 aromatic rings. The number of nitrogens with zero attached hydrogens (tertiary/aromatic N) is 3. The van der Waals surface area contributed by atoms with Crippen molar-refractivity contribution in [3.63, 3.8) is 0 Å². The van der Waals surface area contributed by atoms with E-state index in [1.165, 1.54) is 24.0 Å². The van der Waals surface area contributed by atoms with E-state index < -0.39 is 5.82 Å². The minimum Gasteiger partial charge on any atom is -0.302 e. The predicted octanol–water partition coefficient (Wildman–Crippen LogP) is 5.78. The van der Waals surface area contributed by atoms with Gasteiger partial charge in [0.05, 0.1) is 11.9 Å². The van der Waals surface area contributed by atoms with Gasteiger partial charge in [-0.15, -0.1) is 5.10 Å². The summed E-state index contributed by atoms with van der Waals surface area (Å²) < 4.78 is 13.9. The van der Waals surface area contributed by atoms with E-state index in [9.17, 15) is 9.18 Å². The quantitative estimate of drug-likeness (QED) is 0.268. The minimum absolute atomic E-state index is 0.286. The second kappa shape index (κ2) is 8.72. The number of nitrogens with one attached hydrogen (secondary N) is 1. The zero-order valence-corrected chi connectivity index (χ0v) is 17.6. The molecule has 0 bridgehead atoms. The topological polar surface area (TPSA) is 71.5 Å². The number of hydrogen-bond acceptors (Lipinski definition) is 5. The molecule has 7 heteroatoms. The molecule has 0 atom stereocenters. The van der Waals surface area contributed by atoms with Gasteiger partial charge in [0.15, 0.2) is 5.82 Å². The van der Waals surface area contributed by atoms with Gasteiger partial charge in [-0.1, -0.05) is 48.2 Å². The molecule has 1 N–H and O–H groups in total. The highest BCUT2D eigenvalue weighted by molar-refractivity contribution is 7.99. The van der Waals surface area contributed by atoms with Gasteiger partial charge in [-0.2, -0.15) is 0 Å². The Bertz CT molecular complexity index is 1430. The van der Waals surface area contributed by atoms with Crippen molar-refractivity contribution in [3.8, 4) is 33.6 Å². The number of aromatic amines is 1. The number of aromatic nitrogens is 4. The fourth-order valence-corrected chi connectivity index (χ4v) is 4.07. The monoisotopic (exact) mass is 440 g/mol. The van der Waals surface area contributed by atoms with Crippen molar-refractivity contribution in [2.75, 3.05) is 5.75 Å². The Balaban J connectivity index is 1.65. The van der Waals surface area contributed by atoms with E-state index in [-0.39, 0.29) is 5.75 Å². The molecule has 3 aromatic carbocycles. The molecular formula is C25H17FN4OS. The second-order valence-electron chi connectivity index (χ2n) is 7.20. The highest BCUT2D eigenvalue weighted by Gasteiger charge is 2.12. The number of halogens is 1. The number of benzene rings is 3. The van der Waals surface area contributed by atoms with Crippen LogP contribution in [0.1, 0.15) is 0 Å². The molecule has 0 amide bonds. The van der Waals surface area contributed by atoms with Crippen LogP contribution in [-0.2, 0) is 4.79 Å². The SMILES string of the molecule is O=CCSc1n[nH]c(-c2cc(-c3cncc(F)c3)cc(-c3ccc4ccccc4c3)c2)n1. The number of fused-ring (bicyclic) bond motifs is 1. The first-order chi connectivity index (χ1) is 15.7. The summed E-state index contributed by atoms with van der Waals surface area (Å²) in [6.45, 7) is 0. The van der Waals surface area contributed by atoms with Crippen LogP contribution in [-0.4, -0.2) is 32.2 Å². The first-order valence-corrected chi connectivity index (χ1v) is 10.9. The van der Waals surface area contributed by atoms with E-state index in [1.54, 1.807) is 6.20 Å². The van der Waals surface area contributed by atoms with Crippen LogP contribution in [0.2, 0.25) is 0 Å². The summed E-state index contributed by atoms with van der Waals surface area (Å²) in [5.41, 5.74) is 4.29. The van der Waals surface area contributed by atoms with Gasteiger partial charge in [-0.05, 0) is 57.8 Å². The first-order valence-electron chi connectivity index (χ1n) is 9.94. The highest BCUT2D eigenvalue weighted by atomic mass is 32.2. The molecule has 0 radical (unpaired) electrons. The lowest BCUT2D eigenvalue weighted by Gasteiger charge is -2.10. The number of H-pyrrole nitrogens is 1. The maximum atomic E-state index is 13.9. The van der Waals surface area contributed by atoms with E-state index in [2.05, 4.69) is 50.5 Å². The van der Waals surface area contributed by atoms with Crippen molar-refractivity contribution < 1.29 is 9.18 Å². The number of rotatable bonds is 6. The summed E-state index contributed by atoms with van der Waals surface area (Å²) in [5, 5.41) is 9.92. The summed E-state index contributed by atoms with van der Waals surface area (Å²) in [6, 6.07) is 21.9. The molecule has 5 nitrogen and oxygen atoms in total. The Morgan fingerprint density at radius 2 is 1.62 bits per heavy atom. The average Bonchev–Trinajstić information content (AvgIpc) is 3.31. The normalized spacial score (nSPS) is 11.0.